The number of aromatic amines is 1. The number of aromatic nitrogens is 4. The summed E-state index contributed by atoms with van der Waals surface area (Å²) in [4.78, 5) is 20.7. The van der Waals surface area contributed by atoms with Crippen molar-refractivity contribution in [1.82, 2.24) is 24.5 Å². The van der Waals surface area contributed by atoms with Crippen molar-refractivity contribution in [3.8, 4) is 11.1 Å². The lowest BCUT2D eigenvalue weighted by molar-refractivity contribution is -0.0532. The molecule has 4 heterocycles. The van der Waals surface area contributed by atoms with E-state index in [-0.39, 0.29) is 5.03 Å². The third-order valence-corrected chi connectivity index (χ3v) is 8.41. The number of urea groups is 1. The van der Waals surface area contributed by atoms with Gasteiger partial charge in [-0.15, -0.1) is 0 Å². The van der Waals surface area contributed by atoms with E-state index in [0.29, 0.717) is 24.5 Å². The maximum absolute atomic E-state index is 13.2. The van der Waals surface area contributed by atoms with Gasteiger partial charge >= 0.3 is 6.03 Å². The number of nitrogens with zero attached hydrogens (tertiary/aromatic N) is 3. The Balaban J connectivity index is 1.37. The van der Waals surface area contributed by atoms with Crippen LogP contribution in [0.25, 0.3) is 22.2 Å². The lowest BCUT2D eigenvalue weighted by Gasteiger charge is -2.30. The Hall–Kier alpha value is -3.70. The largest absolute Gasteiger partial charge is 0.367 e. The Labute approximate surface area is 214 Å². The molecule has 0 fully saturated rings. The van der Waals surface area contributed by atoms with E-state index < -0.39 is 21.7 Å². The molecule has 3 aromatic heterocycles. The molecule has 6 rings (SSSR count). The van der Waals surface area contributed by atoms with Crippen LogP contribution in [-0.2, 0) is 39.7 Å². The molecule has 0 bridgehead atoms. The van der Waals surface area contributed by atoms with Crippen molar-refractivity contribution < 1.29 is 17.9 Å². The molecule has 0 saturated heterocycles. The van der Waals surface area contributed by atoms with Crippen LogP contribution in [0, 0.1) is 6.92 Å². The Morgan fingerprint density at radius 3 is 2.86 bits per heavy atom. The van der Waals surface area contributed by atoms with Gasteiger partial charge in [0.25, 0.3) is 10.0 Å². The summed E-state index contributed by atoms with van der Waals surface area (Å²) in [6.45, 7) is 6.60. The second kappa shape index (κ2) is 8.42. The number of fused-ring (bicyclic) bond motifs is 3. The van der Waals surface area contributed by atoms with Gasteiger partial charge in [-0.25, -0.2) is 14.5 Å². The first kappa shape index (κ1) is 23.7. The molecule has 1 aromatic carbocycles. The Kier molecular flexibility index (Phi) is 5.39. The number of hydrogen-bond donors (Lipinski definition) is 3. The molecule has 3 N–H and O–H groups in total. The minimum Gasteiger partial charge on any atom is -0.367 e. The molecule has 2 amide bonds. The summed E-state index contributed by atoms with van der Waals surface area (Å²) < 4.78 is 35.8. The molecule has 4 aromatic rings. The van der Waals surface area contributed by atoms with Gasteiger partial charge in [0.15, 0.2) is 5.03 Å². The summed E-state index contributed by atoms with van der Waals surface area (Å²) in [5, 5.41) is 7.84. The molecular weight excluding hydrogens is 492 g/mol. The van der Waals surface area contributed by atoms with Gasteiger partial charge in [0, 0.05) is 29.4 Å². The summed E-state index contributed by atoms with van der Waals surface area (Å²) in [6, 6.07) is 6.66. The Morgan fingerprint density at radius 1 is 1.22 bits per heavy atom. The molecular formula is C26H28N6O4S. The molecule has 0 saturated carbocycles. The first-order chi connectivity index (χ1) is 17.6. The van der Waals surface area contributed by atoms with Gasteiger partial charge in [-0.1, -0.05) is 6.07 Å². The van der Waals surface area contributed by atoms with Crippen molar-refractivity contribution in [3.05, 3.63) is 59.0 Å². The van der Waals surface area contributed by atoms with E-state index in [9.17, 15) is 13.2 Å². The van der Waals surface area contributed by atoms with Crippen LogP contribution < -0.4 is 10.0 Å². The predicted molar refractivity (Wildman–Crippen MR) is 139 cm³/mol. The molecule has 0 atom stereocenters. The number of H-pyrrole nitrogens is 1. The second-order valence-electron chi connectivity index (χ2n) is 10.0. The number of sulfonamides is 1. The number of pyridine rings is 1. The molecule has 1 aliphatic heterocycles. The number of nitrogens with one attached hydrogen (secondary N) is 3. The fourth-order valence-electron chi connectivity index (χ4n) is 5.51. The third kappa shape index (κ3) is 3.98. The lowest BCUT2D eigenvalue weighted by atomic mass is 9.92. The van der Waals surface area contributed by atoms with Crippen molar-refractivity contribution in [2.24, 2.45) is 0 Å². The number of carbonyl (C=O) groups is 1. The van der Waals surface area contributed by atoms with Crippen molar-refractivity contribution in [3.63, 3.8) is 0 Å². The molecule has 37 heavy (non-hydrogen) atoms. The van der Waals surface area contributed by atoms with Crippen LogP contribution in [0.5, 0.6) is 0 Å². The van der Waals surface area contributed by atoms with Crippen LogP contribution in [0.4, 0.5) is 10.5 Å². The molecule has 0 radical (unpaired) electrons. The van der Waals surface area contributed by atoms with Crippen LogP contribution in [-0.4, -0.2) is 40.8 Å². The molecule has 0 spiro atoms. The van der Waals surface area contributed by atoms with E-state index in [1.54, 1.807) is 10.9 Å². The van der Waals surface area contributed by atoms with Crippen LogP contribution in [0.15, 0.2) is 41.7 Å². The first-order valence-corrected chi connectivity index (χ1v) is 13.8. The average Bonchev–Trinajstić information content (AvgIpc) is 3.58. The first-order valence-electron chi connectivity index (χ1n) is 12.3. The van der Waals surface area contributed by atoms with E-state index in [1.807, 2.05) is 39.1 Å². The summed E-state index contributed by atoms with van der Waals surface area (Å²) >= 11 is 0. The van der Waals surface area contributed by atoms with E-state index in [1.165, 1.54) is 11.6 Å². The standard InChI is InChI=1S/C26H28N6O4S/c1-15-13-16-5-4-6-17(16)23(22(15)18-7-9-27-24-19(18)8-10-28-24)29-25(33)31-37(34,35)21-14-20-26(2,3)36-12-11-32(20)30-21/h7-10,13-14H,4-6,11-12H2,1-3H3,(H,27,28)(H2,29,31,33). The molecule has 10 nitrogen and oxygen atoms in total. The van der Waals surface area contributed by atoms with Gasteiger partial charge in [-0.05, 0) is 74.4 Å². The minimum atomic E-state index is -4.22. The molecule has 192 valence electrons. The molecule has 11 heteroatoms. The van der Waals surface area contributed by atoms with E-state index in [2.05, 4.69) is 31.2 Å². The maximum Gasteiger partial charge on any atom is 0.333 e. The van der Waals surface area contributed by atoms with Crippen LogP contribution >= 0.6 is 0 Å². The van der Waals surface area contributed by atoms with Crippen molar-refractivity contribution >= 4 is 32.8 Å². The second-order valence-corrected chi connectivity index (χ2v) is 11.7. The van der Waals surface area contributed by atoms with Crippen LogP contribution in [0.2, 0.25) is 0 Å². The zero-order valence-corrected chi connectivity index (χ0v) is 21.7. The Bertz CT molecular complexity index is 1670. The number of aryl methyl sites for hydroxylation is 2. The highest BCUT2D eigenvalue weighted by molar-refractivity contribution is 7.90. The SMILES string of the molecule is Cc1cc2c(c(NC(=O)NS(=O)(=O)c3cc4n(n3)CCOC4(C)C)c1-c1ccnc3[nH]ccc13)CCC2. The van der Waals surface area contributed by atoms with Crippen molar-refractivity contribution in [2.75, 3.05) is 11.9 Å². The highest BCUT2D eigenvalue weighted by Gasteiger charge is 2.34. The molecule has 1 aliphatic carbocycles. The number of amides is 2. The quantitative estimate of drug-likeness (QED) is 0.373. The zero-order chi connectivity index (χ0) is 25.9. The topological polar surface area (TPSA) is 131 Å². The van der Waals surface area contributed by atoms with Gasteiger partial charge < -0.3 is 15.0 Å². The van der Waals surface area contributed by atoms with Crippen molar-refractivity contribution in [1.29, 1.82) is 0 Å². The summed E-state index contributed by atoms with van der Waals surface area (Å²) in [6.07, 6.45) is 6.24. The molecule has 0 unspecified atom stereocenters. The van der Waals surface area contributed by atoms with E-state index in [0.717, 1.165) is 52.5 Å². The average molecular weight is 521 g/mol. The minimum absolute atomic E-state index is 0.214. The highest BCUT2D eigenvalue weighted by Crippen LogP contribution is 2.42. The maximum atomic E-state index is 13.2. The highest BCUT2D eigenvalue weighted by atomic mass is 32.2. The summed E-state index contributed by atoms with van der Waals surface area (Å²) in [7, 11) is -4.22. The van der Waals surface area contributed by atoms with Gasteiger partial charge in [-0.2, -0.15) is 13.5 Å². The van der Waals surface area contributed by atoms with E-state index >= 15 is 0 Å². The lowest BCUT2D eigenvalue weighted by Crippen LogP contribution is -2.35. The van der Waals surface area contributed by atoms with E-state index in [4.69, 9.17) is 4.74 Å². The Morgan fingerprint density at radius 2 is 2.05 bits per heavy atom. The van der Waals surface area contributed by atoms with Gasteiger partial charge in [0.1, 0.15) is 11.2 Å². The summed E-state index contributed by atoms with van der Waals surface area (Å²) in [5.41, 5.74) is 6.32. The van der Waals surface area contributed by atoms with Crippen LogP contribution in [0.1, 0.15) is 42.7 Å². The monoisotopic (exact) mass is 520 g/mol. The van der Waals surface area contributed by atoms with Crippen LogP contribution in [0.3, 0.4) is 0 Å². The normalized spacial score (nSPS) is 16.4. The number of ether oxygens (including phenoxy) is 1. The van der Waals surface area contributed by atoms with Gasteiger partial charge in [0.2, 0.25) is 0 Å². The van der Waals surface area contributed by atoms with Gasteiger partial charge in [-0.3, -0.25) is 4.68 Å². The predicted octanol–water partition coefficient (Wildman–Crippen LogP) is 4.00. The fourth-order valence-corrected chi connectivity index (χ4v) is 6.38. The fraction of sp³-hybridized carbons (Fsp3) is 0.346. The van der Waals surface area contributed by atoms with Crippen molar-refractivity contribution in [2.45, 2.75) is 57.2 Å². The zero-order valence-electron chi connectivity index (χ0n) is 20.9. The molecule has 2 aliphatic rings. The number of benzene rings is 1. The number of hydrogen-bond acceptors (Lipinski definition) is 6. The summed E-state index contributed by atoms with van der Waals surface area (Å²) in [5.74, 6) is 0. The third-order valence-electron chi connectivity index (χ3n) is 7.21. The van der Waals surface area contributed by atoms with Gasteiger partial charge in [0.05, 0.1) is 24.5 Å². The smallest absolute Gasteiger partial charge is 0.333 e. The number of anilines is 1. The number of carbonyl (C=O) groups excluding carboxylic acids is 1. The number of rotatable bonds is 4.